The summed E-state index contributed by atoms with van der Waals surface area (Å²) < 4.78 is 0. The maximum Gasteiger partial charge on any atom is 0.234 e. The van der Waals surface area contributed by atoms with E-state index in [1.54, 1.807) is 18.1 Å². The van der Waals surface area contributed by atoms with Crippen LogP contribution in [0.3, 0.4) is 0 Å². The molecule has 1 amide bonds. The number of anilines is 3. The fourth-order valence-corrected chi connectivity index (χ4v) is 4.61. The lowest BCUT2D eigenvalue weighted by molar-refractivity contribution is -0.125. The van der Waals surface area contributed by atoms with E-state index >= 15 is 0 Å². The number of hydrogen-bond acceptors (Lipinski definition) is 6. The van der Waals surface area contributed by atoms with Gasteiger partial charge in [0.15, 0.2) is 5.82 Å². The Hall–Kier alpha value is -2.67. The Morgan fingerprint density at radius 1 is 1.23 bits per heavy atom. The molecular weight excluding hydrogens is 378 g/mol. The molecule has 2 N–H and O–H groups in total. The average molecular weight is 410 g/mol. The molecule has 7 heteroatoms. The summed E-state index contributed by atoms with van der Waals surface area (Å²) >= 11 is 0. The summed E-state index contributed by atoms with van der Waals surface area (Å²) in [5.41, 5.74) is 1.20. The fourth-order valence-electron chi connectivity index (χ4n) is 4.61. The second-order valence-corrected chi connectivity index (χ2v) is 9.01. The van der Waals surface area contributed by atoms with Crippen LogP contribution in [0.4, 0.5) is 17.5 Å². The molecule has 1 unspecified atom stereocenters. The summed E-state index contributed by atoms with van der Waals surface area (Å²) in [5.74, 6) is 1.33. The molecule has 1 aromatic heterocycles. The molecule has 0 radical (unpaired) electrons. The Bertz CT molecular complexity index is 896. The number of amides is 1. The number of fused-ring (bicyclic) bond motifs is 1. The number of aromatic nitrogens is 2. The summed E-state index contributed by atoms with van der Waals surface area (Å²) in [6.07, 6.45) is 6.37. The van der Waals surface area contributed by atoms with E-state index in [0.29, 0.717) is 18.5 Å². The van der Waals surface area contributed by atoms with Gasteiger partial charge >= 0.3 is 0 Å². The highest BCUT2D eigenvalue weighted by atomic mass is 16.3. The molecule has 1 fully saturated rings. The molecule has 7 nitrogen and oxygen atoms in total. The van der Waals surface area contributed by atoms with Gasteiger partial charge in [0.2, 0.25) is 11.9 Å². The van der Waals surface area contributed by atoms with E-state index < -0.39 is 5.41 Å². The zero-order valence-corrected chi connectivity index (χ0v) is 18.0. The smallest absolute Gasteiger partial charge is 0.234 e. The first kappa shape index (κ1) is 20.6. The van der Waals surface area contributed by atoms with Crippen LogP contribution in [-0.2, 0) is 4.79 Å². The van der Waals surface area contributed by atoms with Crippen LogP contribution >= 0.6 is 0 Å². The maximum absolute atomic E-state index is 13.1. The van der Waals surface area contributed by atoms with Crippen LogP contribution < -0.4 is 15.1 Å². The fraction of sp³-hybridized carbons (Fsp3) is 0.522. The summed E-state index contributed by atoms with van der Waals surface area (Å²) in [7, 11) is 1.80. The molecule has 1 aromatic carbocycles. The maximum atomic E-state index is 13.1. The minimum Gasteiger partial charge on any atom is -0.394 e. The number of nitrogens with zero attached hydrogens (tertiary/aromatic N) is 4. The van der Waals surface area contributed by atoms with Crippen molar-refractivity contribution in [2.45, 2.75) is 51.6 Å². The van der Waals surface area contributed by atoms with Crippen LogP contribution in [0.5, 0.6) is 0 Å². The minimum absolute atomic E-state index is 0.0672. The number of hydrogen-bond donors (Lipinski definition) is 2. The number of nitrogens with one attached hydrogen (secondary N) is 1. The molecule has 2 aromatic rings. The summed E-state index contributed by atoms with van der Waals surface area (Å²) in [5, 5.41) is 13.2. The van der Waals surface area contributed by atoms with Gasteiger partial charge in [0.05, 0.1) is 24.3 Å². The topological polar surface area (TPSA) is 81.6 Å². The molecule has 1 saturated carbocycles. The first-order valence-electron chi connectivity index (χ1n) is 10.7. The normalized spacial score (nSPS) is 20.1. The van der Waals surface area contributed by atoms with Gasteiger partial charge in [-0.1, -0.05) is 43.2 Å². The first-order chi connectivity index (χ1) is 14.4. The lowest BCUT2D eigenvalue weighted by Crippen LogP contribution is -2.45. The van der Waals surface area contributed by atoms with Crippen LogP contribution in [0.15, 0.2) is 36.5 Å². The molecular formula is C23H31N5O2. The number of carbonyl (C=O) groups excluding carboxylic acids is 1. The van der Waals surface area contributed by atoms with Gasteiger partial charge in [-0.2, -0.15) is 4.98 Å². The van der Waals surface area contributed by atoms with E-state index in [4.69, 9.17) is 4.98 Å². The summed E-state index contributed by atoms with van der Waals surface area (Å²) in [4.78, 5) is 26.4. The molecule has 1 aliphatic carbocycles. The van der Waals surface area contributed by atoms with Crippen molar-refractivity contribution >= 4 is 23.4 Å². The Balaban J connectivity index is 1.71. The number of aliphatic hydroxyl groups is 1. The molecule has 0 saturated heterocycles. The van der Waals surface area contributed by atoms with Gasteiger partial charge in [-0.15, -0.1) is 0 Å². The second-order valence-electron chi connectivity index (χ2n) is 9.01. The highest BCUT2D eigenvalue weighted by Crippen LogP contribution is 2.40. The highest BCUT2D eigenvalue weighted by molar-refractivity contribution is 6.00. The standard InChI is InChI=1S/C23H31N5O2/c1-23(2)15-28(17-11-7-8-12-17)20-19(27(3)21(23)30)13-24-22(26-20)25-18(14-29)16-9-5-4-6-10-16/h4-6,9-10,13,17-18,29H,7-8,11-12,14-15H2,1-3H3,(H,24,25,26). The largest absolute Gasteiger partial charge is 0.394 e. The molecule has 1 atom stereocenters. The predicted molar refractivity (Wildman–Crippen MR) is 119 cm³/mol. The Morgan fingerprint density at radius 2 is 1.93 bits per heavy atom. The van der Waals surface area contributed by atoms with Gasteiger partial charge in [0.25, 0.3) is 0 Å². The monoisotopic (exact) mass is 409 g/mol. The molecule has 0 spiro atoms. The van der Waals surface area contributed by atoms with E-state index in [1.165, 1.54) is 12.8 Å². The van der Waals surface area contributed by atoms with Crippen molar-refractivity contribution in [3.05, 3.63) is 42.1 Å². The van der Waals surface area contributed by atoms with Gasteiger partial charge in [0.1, 0.15) is 5.69 Å². The molecule has 0 bridgehead atoms. The highest BCUT2D eigenvalue weighted by Gasteiger charge is 2.41. The molecule has 30 heavy (non-hydrogen) atoms. The van der Waals surface area contributed by atoms with E-state index in [-0.39, 0.29) is 18.6 Å². The van der Waals surface area contributed by atoms with Crippen LogP contribution in [0, 0.1) is 5.41 Å². The van der Waals surface area contributed by atoms with Crippen molar-refractivity contribution in [2.75, 3.05) is 35.3 Å². The molecule has 160 valence electrons. The van der Waals surface area contributed by atoms with Crippen LogP contribution in [0.25, 0.3) is 0 Å². The summed E-state index contributed by atoms with van der Waals surface area (Å²) in [6, 6.07) is 9.86. The van der Waals surface area contributed by atoms with Gasteiger partial charge in [0, 0.05) is 19.6 Å². The van der Waals surface area contributed by atoms with Crippen molar-refractivity contribution in [3.8, 4) is 0 Å². The number of benzene rings is 1. The molecule has 2 heterocycles. The van der Waals surface area contributed by atoms with Gasteiger partial charge in [-0.05, 0) is 32.3 Å². The van der Waals surface area contributed by atoms with Gasteiger partial charge in [-0.3, -0.25) is 4.79 Å². The molecule has 1 aliphatic heterocycles. The van der Waals surface area contributed by atoms with E-state index in [9.17, 15) is 9.90 Å². The van der Waals surface area contributed by atoms with E-state index in [1.807, 2.05) is 44.2 Å². The first-order valence-corrected chi connectivity index (χ1v) is 10.7. The molecule has 2 aliphatic rings. The minimum atomic E-state index is -0.511. The Morgan fingerprint density at radius 3 is 2.60 bits per heavy atom. The van der Waals surface area contributed by atoms with Crippen molar-refractivity contribution in [3.63, 3.8) is 0 Å². The van der Waals surface area contributed by atoms with Gasteiger partial charge < -0.3 is 20.2 Å². The van der Waals surface area contributed by atoms with Crippen LogP contribution in [0.2, 0.25) is 0 Å². The number of carbonyl (C=O) groups is 1. The van der Waals surface area contributed by atoms with Crippen LogP contribution in [-0.4, -0.2) is 47.2 Å². The lowest BCUT2D eigenvalue weighted by atomic mass is 9.91. The van der Waals surface area contributed by atoms with Crippen molar-refractivity contribution in [1.82, 2.24) is 9.97 Å². The summed E-state index contributed by atoms with van der Waals surface area (Å²) in [6.45, 7) is 4.57. The van der Waals surface area contributed by atoms with Crippen molar-refractivity contribution < 1.29 is 9.90 Å². The third-order valence-corrected chi connectivity index (χ3v) is 6.29. The Labute approximate surface area is 178 Å². The predicted octanol–water partition coefficient (Wildman–Crippen LogP) is 3.37. The van der Waals surface area contributed by atoms with Crippen molar-refractivity contribution in [2.24, 2.45) is 5.41 Å². The second kappa shape index (κ2) is 8.22. The number of rotatable bonds is 5. The third kappa shape index (κ3) is 3.86. The third-order valence-electron chi connectivity index (χ3n) is 6.29. The molecule has 4 rings (SSSR count). The Kier molecular flexibility index (Phi) is 5.64. The van der Waals surface area contributed by atoms with Gasteiger partial charge in [-0.25, -0.2) is 4.98 Å². The van der Waals surface area contributed by atoms with E-state index in [0.717, 1.165) is 29.9 Å². The number of aliphatic hydroxyl groups excluding tert-OH is 1. The van der Waals surface area contributed by atoms with Crippen LogP contribution in [0.1, 0.15) is 51.1 Å². The quantitative estimate of drug-likeness (QED) is 0.788. The van der Waals surface area contributed by atoms with Crippen molar-refractivity contribution in [1.29, 1.82) is 0 Å². The zero-order valence-electron chi connectivity index (χ0n) is 18.0. The zero-order chi connectivity index (χ0) is 21.3. The van der Waals surface area contributed by atoms with E-state index in [2.05, 4.69) is 15.2 Å². The average Bonchev–Trinajstić information content (AvgIpc) is 3.28. The SMILES string of the molecule is CN1C(=O)C(C)(C)CN(C2CCCC2)c2nc(NC(CO)c3ccccc3)ncc21. The lowest BCUT2D eigenvalue weighted by Gasteiger charge is -2.34.